The van der Waals surface area contributed by atoms with Crippen LogP contribution in [0.2, 0.25) is 0 Å². The monoisotopic (exact) mass is 319 g/mol. The molecule has 22 heavy (non-hydrogen) atoms. The Morgan fingerprint density at radius 2 is 1.64 bits per heavy atom. The molecular formula is C16H17NO4S. The Kier molecular flexibility index (Phi) is 5.16. The zero-order valence-corrected chi connectivity index (χ0v) is 12.7. The largest absolute Gasteiger partial charge is 0.480 e. The molecule has 6 heteroatoms. The van der Waals surface area contributed by atoms with Crippen LogP contribution in [0.25, 0.3) is 0 Å². The summed E-state index contributed by atoms with van der Waals surface area (Å²) in [5.41, 5.74) is 2.01. The van der Waals surface area contributed by atoms with E-state index >= 15 is 0 Å². The van der Waals surface area contributed by atoms with Gasteiger partial charge >= 0.3 is 5.97 Å². The smallest absolute Gasteiger partial charge is 0.319 e. The predicted octanol–water partition coefficient (Wildman–Crippen LogP) is 2.20. The van der Waals surface area contributed by atoms with Gasteiger partial charge in [0.15, 0.2) is 15.6 Å². The fourth-order valence-corrected chi connectivity index (χ4v) is 3.06. The van der Waals surface area contributed by atoms with Gasteiger partial charge in [0.1, 0.15) is 0 Å². The zero-order chi connectivity index (χ0) is 16.0. The third-order valence-corrected chi connectivity index (χ3v) is 4.73. The molecule has 5 nitrogen and oxygen atoms in total. The lowest BCUT2D eigenvalue weighted by atomic mass is 10.1. The molecule has 0 aromatic heterocycles. The van der Waals surface area contributed by atoms with E-state index < -0.39 is 21.6 Å². The Morgan fingerprint density at radius 3 is 2.23 bits per heavy atom. The highest BCUT2D eigenvalue weighted by molar-refractivity contribution is 7.92. The number of sulfone groups is 1. The molecule has 0 spiro atoms. The molecule has 2 aromatic carbocycles. The average Bonchev–Trinajstić information content (AvgIpc) is 2.47. The van der Waals surface area contributed by atoms with E-state index in [0.717, 1.165) is 18.7 Å². The number of benzene rings is 2. The van der Waals surface area contributed by atoms with Crippen LogP contribution in [0, 0.1) is 0 Å². The van der Waals surface area contributed by atoms with Gasteiger partial charge in [-0.3, -0.25) is 4.79 Å². The molecule has 0 aliphatic rings. The van der Waals surface area contributed by atoms with Crippen LogP contribution in [0.4, 0.5) is 5.69 Å². The minimum Gasteiger partial charge on any atom is -0.480 e. The maximum absolute atomic E-state index is 11.8. The van der Waals surface area contributed by atoms with E-state index in [1.54, 1.807) is 12.1 Å². The van der Waals surface area contributed by atoms with Gasteiger partial charge in [-0.1, -0.05) is 30.3 Å². The summed E-state index contributed by atoms with van der Waals surface area (Å²) in [5, 5.41) is 11.8. The molecule has 2 aromatic rings. The first-order valence-corrected chi connectivity index (χ1v) is 8.45. The molecule has 0 bridgehead atoms. The minimum atomic E-state index is -3.77. The van der Waals surface area contributed by atoms with E-state index in [4.69, 9.17) is 5.11 Å². The Morgan fingerprint density at radius 1 is 1.00 bits per heavy atom. The van der Waals surface area contributed by atoms with Crippen molar-refractivity contribution in [1.29, 1.82) is 0 Å². The number of nitrogens with one attached hydrogen (secondary N) is 1. The summed E-state index contributed by atoms with van der Waals surface area (Å²) in [6.45, 7) is 0.727. The van der Waals surface area contributed by atoms with Crippen molar-refractivity contribution in [3.8, 4) is 0 Å². The first kappa shape index (κ1) is 16.0. The summed E-state index contributed by atoms with van der Waals surface area (Å²) < 4.78 is 23.5. The maximum Gasteiger partial charge on any atom is 0.319 e. The molecule has 0 aliphatic heterocycles. The quantitative estimate of drug-likeness (QED) is 0.817. The number of hydrogen-bond donors (Lipinski definition) is 2. The van der Waals surface area contributed by atoms with Crippen LogP contribution in [0.3, 0.4) is 0 Å². The van der Waals surface area contributed by atoms with Crippen LogP contribution in [0.1, 0.15) is 5.56 Å². The molecule has 116 valence electrons. The van der Waals surface area contributed by atoms with E-state index in [2.05, 4.69) is 5.32 Å². The molecule has 0 amide bonds. The normalized spacial score (nSPS) is 11.1. The Hall–Kier alpha value is -2.34. The van der Waals surface area contributed by atoms with Crippen molar-refractivity contribution in [1.82, 2.24) is 0 Å². The molecule has 0 saturated carbocycles. The van der Waals surface area contributed by atoms with Gasteiger partial charge < -0.3 is 10.4 Å². The van der Waals surface area contributed by atoms with Crippen LogP contribution >= 0.6 is 0 Å². The molecule has 0 heterocycles. The van der Waals surface area contributed by atoms with Crippen LogP contribution in [-0.2, 0) is 21.1 Å². The highest BCUT2D eigenvalue weighted by atomic mass is 32.2. The molecular weight excluding hydrogens is 302 g/mol. The third kappa shape index (κ3) is 4.60. The molecule has 0 radical (unpaired) electrons. The summed E-state index contributed by atoms with van der Waals surface area (Å²) >= 11 is 0. The average molecular weight is 319 g/mol. The van der Waals surface area contributed by atoms with Crippen LogP contribution in [-0.4, -0.2) is 31.8 Å². The van der Waals surface area contributed by atoms with Gasteiger partial charge in [-0.15, -0.1) is 0 Å². The number of carbonyl (C=O) groups is 1. The second kappa shape index (κ2) is 7.09. The van der Waals surface area contributed by atoms with E-state index in [1.165, 1.54) is 17.7 Å². The number of carboxylic acid groups (broad SMARTS) is 1. The standard InChI is InChI=1S/C16H17NO4S/c18-16(19)12-22(20,21)15-8-6-14(7-9-15)17-11-10-13-4-2-1-3-5-13/h1-9,17H,10-12H2,(H,18,19). The van der Waals surface area contributed by atoms with Crippen molar-refractivity contribution >= 4 is 21.5 Å². The van der Waals surface area contributed by atoms with Crippen LogP contribution in [0.5, 0.6) is 0 Å². The van der Waals surface area contributed by atoms with Crippen molar-refractivity contribution in [3.05, 3.63) is 60.2 Å². The van der Waals surface area contributed by atoms with Crippen molar-refractivity contribution in [3.63, 3.8) is 0 Å². The summed E-state index contributed by atoms with van der Waals surface area (Å²) in [5.74, 6) is -2.25. The molecule has 0 fully saturated rings. The minimum absolute atomic E-state index is 0.0171. The zero-order valence-electron chi connectivity index (χ0n) is 11.9. The van der Waals surface area contributed by atoms with Crippen molar-refractivity contribution in [2.24, 2.45) is 0 Å². The molecule has 0 aliphatic carbocycles. The van der Waals surface area contributed by atoms with Gasteiger partial charge in [0.25, 0.3) is 0 Å². The highest BCUT2D eigenvalue weighted by Crippen LogP contribution is 2.15. The van der Waals surface area contributed by atoms with E-state index in [1.807, 2.05) is 30.3 Å². The predicted molar refractivity (Wildman–Crippen MR) is 84.8 cm³/mol. The van der Waals surface area contributed by atoms with E-state index in [9.17, 15) is 13.2 Å². The second-order valence-electron chi connectivity index (χ2n) is 4.84. The summed E-state index contributed by atoms with van der Waals surface area (Å²) in [6.07, 6.45) is 0.861. The molecule has 0 unspecified atom stereocenters. The van der Waals surface area contributed by atoms with E-state index in [-0.39, 0.29) is 4.90 Å². The second-order valence-corrected chi connectivity index (χ2v) is 6.83. The lowest BCUT2D eigenvalue weighted by Gasteiger charge is -2.08. The number of carboxylic acids is 1. The lowest BCUT2D eigenvalue weighted by Crippen LogP contribution is -2.15. The SMILES string of the molecule is O=C(O)CS(=O)(=O)c1ccc(NCCc2ccccc2)cc1. The molecule has 0 saturated heterocycles. The Labute approximate surface area is 129 Å². The first-order chi connectivity index (χ1) is 10.5. The van der Waals surface area contributed by atoms with Crippen LogP contribution in [0.15, 0.2) is 59.5 Å². The van der Waals surface area contributed by atoms with Gasteiger partial charge in [-0.2, -0.15) is 0 Å². The van der Waals surface area contributed by atoms with Crippen molar-refractivity contribution in [2.45, 2.75) is 11.3 Å². The maximum atomic E-state index is 11.8. The van der Waals surface area contributed by atoms with Gasteiger partial charge in [0.2, 0.25) is 0 Å². The first-order valence-electron chi connectivity index (χ1n) is 6.80. The lowest BCUT2D eigenvalue weighted by molar-refractivity contribution is -0.134. The Bertz CT molecular complexity index is 725. The summed E-state index contributed by atoms with van der Waals surface area (Å²) in [4.78, 5) is 10.6. The van der Waals surface area contributed by atoms with E-state index in [0.29, 0.717) is 0 Å². The Balaban J connectivity index is 1.93. The fraction of sp³-hybridized carbons (Fsp3) is 0.188. The third-order valence-electron chi connectivity index (χ3n) is 3.11. The number of hydrogen-bond acceptors (Lipinski definition) is 4. The van der Waals surface area contributed by atoms with Gasteiger partial charge in [-0.25, -0.2) is 8.42 Å². The van der Waals surface area contributed by atoms with Gasteiger partial charge in [-0.05, 0) is 36.2 Å². The van der Waals surface area contributed by atoms with Crippen LogP contribution < -0.4 is 5.32 Å². The highest BCUT2D eigenvalue weighted by Gasteiger charge is 2.18. The summed E-state index contributed by atoms with van der Waals surface area (Å²) in [7, 11) is -3.77. The van der Waals surface area contributed by atoms with Crippen molar-refractivity contribution in [2.75, 3.05) is 17.6 Å². The summed E-state index contributed by atoms with van der Waals surface area (Å²) in [6, 6.07) is 16.1. The molecule has 0 atom stereocenters. The van der Waals surface area contributed by atoms with Crippen molar-refractivity contribution < 1.29 is 18.3 Å². The number of aliphatic carboxylic acids is 1. The topological polar surface area (TPSA) is 83.5 Å². The van der Waals surface area contributed by atoms with Gasteiger partial charge in [0, 0.05) is 12.2 Å². The fourth-order valence-electron chi connectivity index (χ4n) is 2.02. The molecule has 2 N–H and O–H groups in total. The molecule has 2 rings (SSSR count). The number of rotatable bonds is 7. The van der Waals surface area contributed by atoms with Gasteiger partial charge in [0.05, 0.1) is 4.90 Å². The number of anilines is 1.